The molecule has 136 valence electrons. The molecular weight excluding hydrogens is 356 g/mol. The lowest BCUT2D eigenvalue weighted by Gasteiger charge is -2.07. The van der Waals surface area contributed by atoms with Crippen LogP contribution < -0.4 is 10.4 Å². The van der Waals surface area contributed by atoms with Crippen molar-refractivity contribution in [3.63, 3.8) is 0 Å². The Balaban J connectivity index is 2.07. The summed E-state index contributed by atoms with van der Waals surface area (Å²) in [5.41, 5.74) is -3.14. The predicted molar refractivity (Wildman–Crippen MR) is 82.1 cm³/mol. The minimum absolute atomic E-state index is 0.0742. The smallest absolute Gasteiger partial charge is 0.352 e. The van der Waals surface area contributed by atoms with Crippen LogP contribution in [0.2, 0.25) is 0 Å². The minimum Gasteiger partial charge on any atom is -0.465 e. The summed E-state index contributed by atoms with van der Waals surface area (Å²) in [7, 11) is 0. The number of rotatable bonds is 4. The molecule has 1 aliphatic rings. The number of alkyl halides is 1. The monoisotopic (exact) mass is 368 g/mol. The molecule has 0 unspecified atom stereocenters. The Bertz CT molecular complexity index is 1060. The van der Waals surface area contributed by atoms with Gasteiger partial charge < -0.3 is 4.74 Å². The van der Waals surface area contributed by atoms with Crippen molar-refractivity contribution in [1.29, 1.82) is 0 Å². The van der Waals surface area contributed by atoms with E-state index in [0.29, 0.717) is 12.1 Å². The van der Waals surface area contributed by atoms with E-state index in [1.54, 1.807) is 6.92 Å². The van der Waals surface area contributed by atoms with Crippen LogP contribution >= 0.6 is 0 Å². The van der Waals surface area contributed by atoms with Gasteiger partial charge in [0.05, 0.1) is 12.2 Å². The SMILES string of the molecule is CCOc1nc2c(-c3cc(F)c(F)c(F)c3)c(C3(F)CC3)nn2c(=O)[nH]1. The number of ether oxygens (including phenoxy) is 1. The first-order chi connectivity index (χ1) is 12.3. The maximum absolute atomic E-state index is 14.8. The summed E-state index contributed by atoms with van der Waals surface area (Å²) >= 11 is 0. The summed E-state index contributed by atoms with van der Waals surface area (Å²) < 4.78 is 61.4. The van der Waals surface area contributed by atoms with E-state index in [0.717, 1.165) is 4.52 Å². The van der Waals surface area contributed by atoms with Crippen LogP contribution in [0, 0.1) is 17.5 Å². The molecule has 0 amide bonds. The van der Waals surface area contributed by atoms with Crippen LogP contribution in [0.3, 0.4) is 0 Å². The van der Waals surface area contributed by atoms with Gasteiger partial charge in [-0.15, -0.1) is 0 Å². The number of nitrogens with zero attached hydrogens (tertiary/aromatic N) is 3. The number of hydrogen-bond donors (Lipinski definition) is 1. The van der Waals surface area contributed by atoms with Crippen molar-refractivity contribution in [2.45, 2.75) is 25.4 Å². The highest BCUT2D eigenvalue weighted by Crippen LogP contribution is 2.52. The number of nitrogens with one attached hydrogen (secondary N) is 1. The zero-order chi connectivity index (χ0) is 18.6. The van der Waals surface area contributed by atoms with E-state index in [1.165, 1.54) is 0 Å². The molecule has 6 nitrogen and oxygen atoms in total. The molecule has 2 heterocycles. The molecule has 4 rings (SSSR count). The minimum atomic E-state index is -1.83. The summed E-state index contributed by atoms with van der Waals surface area (Å²) in [5, 5.41) is 3.95. The number of halogens is 4. The fourth-order valence-corrected chi connectivity index (χ4v) is 2.75. The van der Waals surface area contributed by atoms with Gasteiger partial charge in [-0.2, -0.15) is 14.6 Å². The van der Waals surface area contributed by atoms with Gasteiger partial charge in [0.2, 0.25) is 0 Å². The van der Waals surface area contributed by atoms with Gasteiger partial charge in [0, 0.05) is 0 Å². The molecule has 0 aliphatic heterocycles. The summed E-state index contributed by atoms with van der Waals surface area (Å²) in [6.07, 6.45) is 0.290. The fourth-order valence-electron chi connectivity index (χ4n) is 2.75. The topological polar surface area (TPSA) is 72.3 Å². The van der Waals surface area contributed by atoms with Gasteiger partial charge in [-0.1, -0.05) is 0 Å². The number of fused-ring (bicyclic) bond motifs is 1. The zero-order valence-corrected chi connectivity index (χ0v) is 13.4. The van der Waals surface area contributed by atoms with Crippen molar-refractivity contribution in [1.82, 2.24) is 19.6 Å². The second-order valence-electron chi connectivity index (χ2n) is 5.96. The standard InChI is InChI=1S/C16H12F4N4O2/c1-2-26-14-21-13-10(7-5-8(17)11(19)9(18)6-7)12(16(20)3-4-16)23-24(13)15(25)22-14/h5-6H,2-4H2,1H3,(H,21,22,25). The Labute approximate surface area is 143 Å². The van der Waals surface area contributed by atoms with Crippen molar-refractivity contribution >= 4 is 5.65 Å². The average molecular weight is 368 g/mol. The highest BCUT2D eigenvalue weighted by atomic mass is 19.2. The molecule has 0 saturated heterocycles. The lowest BCUT2D eigenvalue weighted by molar-refractivity contribution is 0.307. The number of aromatic nitrogens is 4. The van der Waals surface area contributed by atoms with Gasteiger partial charge in [-0.3, -0.25) is 4.98 Å². The summed E-state index contributed by atoms with van der Waals surface area (Å²) in [6.45, 7) is 1.86. The Kier molecular flexibility index (Phi) is 3.53. The molecule has 1 aromatic carbocycles. The molecule has 1 N–H and O–H groups in total. The van der Waals surface area contributed by atoms with Crippen LogP contribution in [0.15, 0.2) is 16.9 Å². The van der Waals surface area contributed by atoms with Crippen LogP contribution in [0.4, 0.5) is 17.6 Å². The fraction of sp³-hybridized carbons (Fsp3) is 0.312. The normalized spacial score (nSPS) is 15.4. The maximum atomic E-state index is 14.8. The van der Waals surface area contributed by atoms with Gasteiger partial charge in [0.1, 0.15) is 5.69 Å². The Morgan fingerprint density at radius 1 is 1.27 bits per heavy atom. The molecule has 3 aromatic rings. The Morgan fingerprint density at radius 2 is 1.92 bits per heavy atom. The van der Waals surface area contributed by atoms with Crippen molar-refractivity contribution in [2.24, 2.45) is 0 Å². The number of benzene rings is 1. The first-order valence-electron chi connectivity index (χ1n) is 7.84. The van der Waals surface area contributed by atoms with Gasteiger partial charge in [0.15, 0.2) is 28.8 Å². The van der Waals surface area contributed by atoms with Crippen LogP contribution in [-0.2, 0) is 5.67 Å². The second kappa shape index (κ2) is 5.55. The quantitative estimate of drug-likeness (QED) is 0.568. The largest absolute Gasteiger partial charge is 0.465 e. The molecule has 1 aliphatic carbocycles. The predicted octanol–water partition coefficient (Wildman–Crippen LogP) is 2.86. The van der Waals surface area contributed by atoms with Crippen molar-refractivity contribution in [3.8, 4) is 17.1 Å². The molecular formula is C16H12F4N4O2. The third-order valence-corrected chi connectivity index (χ3v) is 4.14. The first kappa shape index (κ1) is 16.6. The number of H-pyrrole nitrogens is 1. The van der Waals surface area contributed by atoms with Crippen LogP contribution in [0.5, 0.6) is 6.01 Å². The van der Waals surface area contributed by atoms with Gasteiger partial charge in [-0.25, -0.2) is 22.4 Å². The molecule has 2 aromatic heterocycles. The van der Waals surface area contributed by atoms with Gasteiger partial charge >= 0.3 is 5.69 Å². The Hall–Kier alpha value is -2.91. The highest BCUT2D eigenvalue weighted by Gasteiger charge is 2.50. The lowest BCUT2D eigenvalue weighted by Crippen LogP contribution is -2.20. The van der Waals surface area contributed by atoms with Crippen LogP contribution in [0.1, 0.15) is 25.5 Å². The lowest BCUT2D eigenvalue weighted by atomic mass is 10.0. The highest BCUT2D eigenvalue weighted by molar-refractivity contribution is 5.81. The number of aromatic amines is 1. The molecule has 0 atom stereocenters. The first-order valence-corrected chi connectivity index (χ1v) is 7.84. The second-order valence-corrected chi connectivity index (χ2v) is 5.96. The van der Waals surface area contributed by atoms with Crippen LogP contribution in [0.25, 0.3) is 16.8 Å². The van der Waals surface area contributed by atoms with Crippen molar-refractivity contribution in [3.05, 3.63) is 45.8 Å². The van der Waals surface area contributed by atoms with E-state index in [2.05, 4.69) is 15.1 Å². The molecule has 1 saturated carbocycles. The van der Waals surface area contributed by atoms with E-state index in [9.17, 15) is 22.4 Å². The van der Waals surface area contributed by atoms with Crippen molar-refractivity contribution < 1.29 is 22.3 Å². The molecule has 0 spiro atoms. The van der Waals surface area contributed by atoms with Gasteiger partial charge in [0.25, 0.3) is 6.01 Å². The maximum Gasteiger partial charge on any atom is 0.352 e. The third kappa shape index (κ3) is 2.44. The van der Waals surface area contributed by atoms with E-state index in [1.807, 2.05) is 0 Å². The van der Waals surface area contributed by atoms with Gasteiger partial charge in [-0.05, 0) is 37.5 Å². The average Bonchev–Trinajstić information content (AvgIpc) is 3.20. The molecule has 26 heavy (non-hydrogen) atoms. The zero-order valence-electron chi connectivity index (χ0n) is 13.4. The molecule has 0 radical (unpaired) electrons. The number of hydrogen-bond acceptors (Lipinski definition) is 4. The third-order valence-electron chi connectivity index (χ3n) is 4.14. The van der Waals surface area contributed by atoms with Crippen LogP contribution in [-0.4, -0.2) is 26.2 Å². The summed E-state index contributed by atoms with van der Waals surface area (Å²) in [5.74, 6) is -4.53. The van der Waals surface area contributed by atoms with E-state index in [-0.39, 0.29) is 47.9 Å². The summed E-state index contributed by atoms with van der Waals surface area (Å²) in [6, 6.07) is 1.28. The van der Waals surface area contributed by atoms with E-state index >= 15 is 0 Å². The van der Waals surface area contributed by atoms with Crippen molar-refractivity contribution in [2.75, 3.05) is 6.61 Å². The molecule has 10 heteroatoms. The molecule has 0 bridgehead atoms. The van der Waals surface area contributed by atoms with E-state index < -0.39 is 28.8 Å². The summed E-state index contributed by atoms with van der Waals surface area (Å²) in [4.78, 5) is 18.6. The van der Waals surface area contributed by atoms with E-state index in [4.69, 9.17) is 4.74 Å². The Morgan fingerprint density at radius 3 is 2.50 bits per heavy atom. The molecule has 1 fully saturated rings.